The molecule has 0 amide bonds. The number of aromatic nitrogens is 2. The van der Waals surface area contributed by atoms with Gasteiger partial charge in [-0.25, -0.2) is 13.2 Å². The van der Waals surface area contributed by atoms with Gasteiger partial charge in [-0.2, -0.15) is 5.10 Å². The third kappa shape index (κ3) is 3.28. The highest BCUT2D eigenvalue weighted by Gasteiger charge is 2.35. The Morgan fingerprint density at radius 2 is 1.83 bits per heavy atom. The van der Waals surface area contributed by atoms with Crippen LogP contribution in [0.2, 0.25) is 0 Å². The van der Waals surface area contributed by atoms with Crippen LogP contribution < -0.4 is 0 Å². The van der Waals surface area contributed by atoms with Crippen molar-refractivity contribution in [1.82, 2.24) is 10.2 Å². The first-order chi connectivity index (χ1) is 11.5. The number of rotatable bonds is 3. The first kappa shape index (κ1) is 17.6. The minimum Gasteiger partial charge on any atom is -0.242 e. The molecule has 2 unspecified atom stereocenters. The van der Waals surface area contributed by atoms with Crippen molar-refractivity contribution in [3.8, 4) is 11.1 Å². The third-order valence-electron chi connectivity index (χ3n) is 3.75. The van der Waals surface area contributed by atoms with E-state index >= 15 is 0 Å². The Bertz CT molecular complexity index is 824. The zero-order valence-corrected chi connectivity index (χ0v) is 15.9. The molecule has 2 nitrogen and oxygen atoms in total. The lowest BCUT2D eigenvalue weighted by Crippen LogP contribution is -2.19. The summed E-state index contributed by atoms with van der Waals surface area (Å²) in [5.41, 5.74) is 2.37. The topological polar surface area (TPSA) is 25.8 Å². The molecular weight excluding hydrogens is 496 g/mol. The van der Waals surface area contributed by atoms with Crippen LogP contribution in [-0.2, 0) is 4.43 Å². The number of hydrogen-bond acceptors (Lipinski definition) is 2. The van der Waals surface area contributed by atoms with Crippen molar-refractivity contribution < 1.29 is 13.2 Å². The van der Waals surface area contributed by atoms with E-state index in [0.29, 0.717) is 27.3 Å². The molecule has 24 heavy (non-hydrogen) atoms. The van der Waals surface area contributed by atoms with Gasteiger partial charge in [-0.3, -0.25) is 0 Å². The fourth-order valence-electron chi connectivity index (χ4n) is 2.74. The number of halogens is 5. The Morgan fingerprint density at radius 3 is 2.46 bits per heavy atom. The molecule has 1 aliphatic rings. The lowest BCUT2D eigenvalue weighted by atomic mass is 9.85. The lowest BCUT2D eigenvalue weighted by Gasteiger charge is -2.25. The molecule has 1 aromatic heterocycles. The van der Waals surface area contributed by atoms with Gasteiger partial charge in [0.25, 0.3) is 0 Å². The molecule has 1 aliphatic carbocycles. The predicted octanol–water partition coefficient (Wildman–Crippen LogP) is 5.98. The van der Waals surface area contributed by atoms with E-state index in [0.717, 1.165) is 11.6 Å². The van der Waals surface area contributed by atoms with E-state index < -0.39 is 23.7 Å². The molecule has 0 spiro atoms. The Labute approximate surface area is 159 Å². The van der Waals surface area contributed by atoms with Gasteiger partial charge in [0.15, 0.2) is 0 Å². The Hall–Kier alpha value is -1.22. The Kier molecular flexibility index (Phi) is 5.39. The van der Waals surface area contributed by atoms with E-state index in [9.17, 15) is 13.2 Å². The van der Waals surface area contributed by atoms with Crippen molar-refractivity contribution >= 4 is 38.5 Å². The van der Waals surface area contributed by atoms with Crippen molar-refractivity contribution in [2.75, 3.05) is 0 Å². The largest absolute Gasteiger partial charge is 0.242 e. The van der Waals surface area contributed by atoms with Crippen molar-refractivity contribution in [3.05, 3.63) is 70.0 Å². The van der Waals surface area contributed by atoms with Crippen molar-refractivity contribution in [2.24, 2.45) is 0 Å². The molecular formula is C17H11BrF3IN2. The molecule has 124 valence electrons. The molecule has 0 aliphatic heterocycles. The maximum atomic E-state index is 14.5. The molecule has 1 heterocycles. The molecule has 3 rings (SSSR count). The van der Waals surface area contributed by atoms with Gasteiger partial charge in [-0.15, -0.1) is 5.10 Å². The first-order valence-corrected chi connectivity index (χ1v) is 9.39. The van der Waals surface area contributed by atoms with Crippen molar-refractivity contribution in [2.45, 2.75) is 16.5 Å². The smallest absolute Gasteiger partial charge is 0.135 e. The van der Waals surface area contributed by atoms with Crippen LogP contribution in [0.1, 0.15) is 17.2 Å². The van der Waals surface area contributed by atoms with Crippen LogP contribution in [0.25, 0.3) is 11.1 Å². The molecule has 0 bridgehead atoms. The number of nitrogens with zero attached hydrogens (tertiary/aromatic N) is 2. The van der Waals surface area contributed by atoms with Crippen LogP contribution in [0.3, 0.4) is 0 Å². The van der Waals surface area contributed by atoms with Crippen molar-refractivity contribution in [1.29, 1.82) is 0 Å². The maximum Gasteiger partial charge on any atom is 0.135 e. The second-order valence-corrected chi connectivity index (χ2v) is 6.74. The van der Waals surface area contributed by atoms with Gasteiger partial charge in [-0.1, -0.05) is 52.9 Å². The number of allylic oxidation sites excluding steroid dienone is 4. The third-order valence-corrected chi connectivity index (χ3v) is 5.06. The number of hydrogen-bond donors (Lipinski definition) is 0. The Morgan fingerprint density at radius 1 is 1.12 bits per heavy atom. The number of alkyl halides is 2. The molecule has 0 radical (unpaired) electrons. The number of benzene rings is 1. The minimum absolute atomic E-state index is 0.252. The van der Waals surface area contributed by atoms with Crippen LogP contribution in [0.15, 0.2) is 58.7 Å². The second kappa shape index (κ2) is 7.35. The predicted molar refractivity (Wildman–Crippen MR) is 98.9 cm³/mol. The zero-order valence-electron chi connectivity index (χ0n) is 12.2. The van der Waals surface area contributed by atoms with Crippen molar-refractivity contribution in [3.63, 3.8) is 0 Å². The van der Waals surface area contributed by atoms with Gasteiger partial charge in [0.05, 0.1) is 11.6 Å². The zero-order chi connectivity index (χ0) is 17.3. The summed E-state index contributed by atoms with van der Waals surface area (Å²) in [5.74, 6) is -3.04. The Balaban J connectivity index is 2.27. The van der Waals surface area contributed by atoms with E-state index in [1.54, 1.807) is 0 Å². The minimum atomic E-state index is -1.82. The summed E-state index contributed by atoms with van der Waals surface area (Å²) >= 11 is 5.39. The highest BCUT2D eigenvalue weighted by molar-refractivity contribution is 14.1. The molecule has 0 fully saturated rings. The highest BCUT2D eigenvalue weighted by atomic mass is 127. The maximum absolute atomic E-state index is 14.5. The van der Waals surface area contributed by atoms with E-state index in [2.05, 4.69) is 48.7 Å². The summed E-state index contributed by atoms with van der Waals surface area (Å²) in [4.78, 5) is 0. The van der Waals surface area contributed by atoms with Gasteiger partial charge in [-0.05, 0) is 27.6 Å². The SMILES string of the molecule is FC1=CC(F)C(c2c(Br)nnc(CI)c2-c2ccccc2)C(F)=C1. The molecule has 0 saturated heterocycles. The molecule has 0 saturated carbocycles. The summed E-state index contributed by atoms with van der Waals surface area (Å²) in [6.45, 7) is 0. The normalized spacial score (nSPS) is 20.5. The monoisotopic (exact) mass is 506 g/mol. The van der Waals surface area contributed by atoms with E-state index in [4.69, 9.17) is 0 Å². The second-order valence-electron chi connectivity index (χ2n) is 5.23. The van der Waals surface area contributed by atoms with Gasteiger partial charge in [0.2, 0.25) is 0 Å². The molecule has 1 aromatic carbocycles. The summed E-state index contributed by atoms with van der Waals surface area (Å²) < 4.78 is 43.0. The summed E-state index contributed by atoms with van der Waals surface area (Å²) in [7, 11) is 0. The fourth-order valence-corrected chi connectivity index (χ4v) is 3.80. The summed E-state index contributed by atoms with van der Waals surface area (Å²) in [6.07, 6.45) is -0.328. The fraction of sp³-hybridized carbons (Fsp3) is 0.176. The standard InChI is InChI=1S/C17H11BrF3IN2/c18-17-16(15-11(20)6-10(19)7-12(15)21)14(13(8-22)23-24-17)9-4-2-1-3-5-9/h1-7,11,15H,8H2. The molecule has 7 heteroatoms. The average molecular weight is 507 g/mol. The lowest BCUT2D eigenvalue weighted by molar-refractivity contribution is 0.321. The van der Waals surface area contributed by atoms with Gasteiger partial charge < -0.3 is 0 Å². The van der Waals surface area contributed by atoms with Gasteiger partial charge in [0, 0.05) is 21.6 Å². The summed E-state index contributed by atoms with van der Waals surface area (Å²) in [5, 5.41) is 8.12. The highest BCUT2D eigenvalue weighted by Crippen LogP contribution is 2.44. The van der Waals surface area contributed by atoms with E-state index in [-0.39, 0.29) is 4.60 Å². The molecule has 0 N–H and O–H groups in total. The molecule has 2 aromatic rings. The average Bonchev–Trinajstić information content (AvgIpc) is 2.56. The van der Waals surface area contributed by atoms with Gasteiger partial charge in [0.1, 0.15) is 22.4 Å². The van der Waals surface area contributed by atoms with Crippen LogP contribution in [0.5, 0.6) is 0 Å². The van der Waals surface area contributed by atoms with E-state index in [1.165, 1.54) is 0 Å². The quantitative estimate of drug-likeness (QED) is 0.378. The first-order valence-electron chi connectivity index (χ1n) is 7.07. The van der Waals surface area contributed by atoms with Gasteiger partial charge >= 0.3 is 0 Å². The molecule has 2 atom stereocenters. The van der Waals surface area contributed by atoms with Crippen LogP contribution in [0.4, 0.5) is 13.2 Å². The summed E-state index contributed by atoms with van der Waals surface area (Å²) in [6, 6.07) is 9.22. The van der Waals surface area contributed by atoms with Crippen LogP contribution in [0, 0.1) is 0 Å². The van der Waals surface area contributed by atoms with Crippen LogP contribution >= 0.6 is 38.5 Å². The van der Waals surface area contributed by atoms with Crippen LogP contribution in [-0.4, -0.2) is 16.4 Å². The van der Waals surface area contributed by atoms with E-state index in [1.807, 2.05) is 30.3 Å².